The Balaban J connectivity index is 1.95. The molecule has 2 rings (SSSR count). The fraction of sp³-hybridized carbons (Fsp3) is 0.588. The Morgan fingerprint density at radius 2 is 1.90 bits per heavy atom. The summed E-state index contributed by atoms with van der Waals surface area (Å²) in [5, 5.41) is 9.16. The average molecular weight is 275 g/mol. The Kier molecular flexibility index (Phi) is 4.81. The summed E-state index contributed by atoms with van der Waals surface area (Å²) >= 11 is 0. The van der Waals surface area contributed by atoms with Crippen LogP contribution in [0.2, 0.25) is 0 Å². The van der Waals surface area contributed by atoms with E-state index in [2.05, 4.69) is 43.0 Å². The Morgan fingerprint density at radius 1 is 1.30 bits per heavy atom. The molecule has 1 aromatic rings. The summed E-state index contributed by atoms with van der Waals surface area (Å²) in [6.45, 7) is 8.22. The Labute approximate surface area is 121 Å². The molecule has 1 fully saturated rings. The minimum absolute atomic E-state index is 0.128. The van der Waals surface area contributed by atoms with Crippen LogP contribution in [-0.2, 0) is 17.8 Å². The van der Waals surface area contributed by atoms with Crippen LogP contribution in [0.1, 0.15) is 38.3 Å². The van der Waals surface area contributed by atoms with Crippen LogP contribution in [0.3, 0.4) is 0 Å². The molecule has 3 nitrogen and oxygen atoms in total. The number of carbonyl (C=O) groups is 1. The van der Waals surface area contributed by atoms with E-state index in [9.17, 15) is 4.79 Å². The van der Waals surface area contributed by atoms with Crippen molar-refractivity contribution in [1.29, 1.82) is 0 Å². The van der Waals surface area contributed by atoms with E-state index < -0.39 is 5.97 Å². The molecule has 0 aromatic heterocycles. The summed E-state index contributed by atoms with van der Waals surface area (Å²) in [7, 11) is 0. The number of hydrogen-bond donors (Lipinski definition) is 1. The van der Waals surface area contributed by atoms with Crippen LogP contribution in [0.5, 0.6) is 0 Å². The molecule has 0 aliphatic carbocycles. The van der Waals surface area contributed by atoms with Gasteiger partial charge in [0.25, 0.3) is 0 Å². The monoisotopic (exact) mass is 275 g/mol. The standard InChI is InChI=1S/C17H25NO2/c1-12(2)10-14-4-6-15(7-5-14)11-18-9-8-16(13(18)3)17(19)20/h4-7,12-13,16H,8-11H2,1-3H3,(H,19,20). The van der Waals surface area contributed by atoms with Crippen molar-refractivity contribution in [2.45, 2.75) is 46.2 Å². The van der Waals surface area contributed by atoms with Gasteiger partial charge in [0.1, 0.15) is 0 Å². The molecule has 0 radical (unpaired) electrons. The molecule has 1 heterocycles. The highest BCUT2D eigenvalue weighted by atomic mass is 16.4. The highest BCUT2D eigenvalue weighted by Crippen LogP contribution is 2.26. The molecule has 3 heteroatoms. The van der Waals surface area contributed by atoms with Gasteiger partial charge in [-0.2, -0.15) is 0 Å². The molecule has 110 valence electrons. The topological polar surface area (TPSA) is 40.5 Å². The third-order valence-corrected chi connectivity index (χ3v) is 4.26. The van der Waals surface area contributed by atoms with Gasteiger partial charge in [-0.05, 0) is 43.4 Å². The van der Waals surface area contributed by atoms with E-state index >= 15 is 0 Å². The van der Waals surface area contributed by atoms with Crippen molar-refractivity contribution in [3.63, 3.8) is 0 Å². The molecule has 0 bridgehead atoms. The summed E-state index contributed by atoms with van der Waals surface area (Å²) in [4.78, 5) is 13.4. The lowest BCUT2D eigenvalue weighted by Crippen LogP contribution is -2.32. The first-order valence-corrected chi connectivity index (χ1v) is 7.52. The van der Waals surface area contributed by atoms with E-state index in [-0.39, 0.29) is 12.0 Å². The number of carboxylic acid groups (broad SMARTS) is 1. The van der Waals surface area contributed by atoms with E-state index in [4.69, 9.17) is 5.11 Å². The van der Waals surface area contributed by atoms with E-state index in [0.717, 1.165) is 25.9 Å². The number of carboxylic acids is 1. The van der Waals surface area contributed by atoms with Gasteiger partial charge in [0, 0.05) is 12.6 Å². The highest BCUT2D eigenvalue weighted by Gasteiger charge is 2.35. The molecule has 0 saturated carbocycles. The number of nitrogens with zero attached hydrogens (tertiary/aromatic N) is 1. The third kappa shape index (κ3) is 3.60. The van der Waals surface area contributed by atoms with Gasteiger partial charge in [0.05, 0.1) is 5.92 Å². The van der Waals surface area contributed by atoms with Crippen molar-refractivity contribution in [3.05, 3.63) is 35.4 Å². The van der Waals surface area contributed by atoms with Gasteiger partial charge in [-0.3, -0.25) is 9.69 Å². The molecule has 2 unspecified atom stereocenters. The number of likely N-dealkylation sites (tertiary alicyclic amines) is 1. The SMILES string of the molecule is CC(C)Cc1ccc(CN2CCC(C(=O)O)C2C)cc1. The van der Waals surface area contributed by atoms with Gasteiger partial charge in [0.2, 0.25) is 0 Å². The second kappa shape index (κ2) is 6.40. The molecule has 1 aliphatic heterocycles. The van der Waals surface area contributed by atoms with Gasteiger partial charge in [-0.25, -0.2) is 0 Å². The zero-order valence-electron chi connectivity index (χ0n) is 12.7. The summed E-state index contributed by atoms with van der Waals surface area (Å²) in [5.41, 5.74) is 2.65. The van der Waals surface area contributed by atoms with Crippen molar-refractivity contribution in [3.8, 4) is 0 Å². The first-order valence-electron chi connectivity index (χ1n) is 7.52. The third-order valence-electron chi connectivity index (χ3n) is 4.26. The van der Waals surface area contributed by atoms with Gasteiger partial charge in [-0.15, -0.1) is 0 Å². The highest BCUT2D eigenvalue weighted by molar-refractivity contribution is 5.71. The number of rotatable bonds is 5. The molecular weight excluding hydrogens is 250 g/mol. The van der Waals surface area contributed by atoms with E-state index in [1.165, 1.54) is 11.1 Å². The second-order valence-corrected chi connectivity index (χ2v) is 6.36. The second-order valence-electron chi connectivity index (χ2n) is 6.36. The van der Waals surface area contributed by atoms with Crippen molar-refractivity contribution in [2.75, 3.05) is 6.54 Å². The maximum atomic E-state index is 11.1. The molecule has 1 saturated heterocycles. The van der Waals surface area contributed by atoms with Crippen LogP contribution >= 0.6 is 0 Å². The fourth-order valence-corrected chi connectivity index (χ4v) is 3.04. The molecule has 0 spiro atoms. The molecule has 1 N–H and O–H groups in total. The van der Waals surface area contributed by atoms with Gasteiger partial charge < -0.3 is 5.11 Å². The fourth-order valence-electron chi connectivity index (χ4n) is 3.04. The lowest BCUT2D eigenvalue weighted by atomic mass is 10.0. The van der Waals surface area contributed by atoms with Crippen LogP contribution in [0.15, 0.2) is 24.3 Å². The maximum Gasteiger partial charge on any atom is 0.308 e. The molecule has 1 aliphatic rings. The van der Waals surface area contributed by atoms with Crippen molar-refractivity contribution >= 4 is 5.97 Å². The zero-order chi connectivity index (χ0) is 14.7. The van der Waals surface area contributed by atoms with Crippen molar-refractivity contribution in [1.82, 2.24) is 4.90 Å². The van der Waals surface area contributed by atoms with E-state index in [0.29, 0.717) is 5.92 Å². The first-order chi connectivity index (χ1) is 9.47. The van der Waals surface area contributed by atoms with Gasteiger partial charge >= 0.3 is 5.97 Å². The van der Waals surface area contributed by atoms with Crippen LogP contribution in [-0.4, -0.2) is 28.6 Å². The molecule has 0 amide bonds. The largest absolute Gasteiger partial charge is 0.481 e. The van der Waals surface area contributed by atoms with Crippen LogP contribution in [0, 0.1) is 11.8 Å². The molecular formula is C17H25NO2. The lowest BCUT2D eigenvalue weighted by Gasteiger charge is -2.23. The minimum atomic E-state index is -0.660. The maximum absolute atomic E-state index is 11.1. The van der Waals surface area contributed by atoms with Crippen LogP contribution < -0.4 is 0 Å². The van der Waals surface area contributed by atoms with Crippen LogP contribution in [0.4, 0.5) is 0 Å². The van der Waals surface area contributed by atoms with Gasteiger partial charge in [0.15, 0.2) is 0 Å². The average Bonchev–Trinajstić information content (AvgIpc) is 2.73. The molecule has 20 heavy (non-hydrogen) atoms. The summed E-state index contributed by atoms with van der Waals surface area (Å²) < 4.78 is 0. The minimum Gasteiger partial charge on any atom is -0.481 e. The van der Waals surface area contributed by atoms with Crippen molar-refractivity contribution < 1.29 is 9.90 Å². The van der Waals surface area contributed by atoms with Crippen LogP contribution in [0.25, 0.3) is 0 Å². The molecule has 2 atom stereocenters. The van der Waals surface area contributed by atoms with Gasteiger partial charge in [-0.1, -0.05) is 38.1 Å². The Morgan fingerprint density at radius 3 is 2.40 bits per heavy atom. The van der Waals surface area contributed by atoms with E-state index in [1.54, 1.807) is 0 Å². The number of aliphatic carboxylic acids is 1. The summed E-state index contributed by atoms with van der Waals surface area (Å²) in [6.07, 6.45) is 1.88. The number of hydrogen-bond acceptors (Lipinski definition) is 2. The predicted molar refractivity (Wildman–Crippen MR) is 80.6 cm³/mol. The predicted octanol–water partition coefficient (Wildman–Crippen LogP) is 3.18. The number of benzene rings is 1. The summed E-state index contributed by atoms with van der Waals surface area (Å²) in [6, 6.07) is 8.88. The molecule has 1 aromatic carbocycles. The lowest BCUT2D eigenvalue weighted by molar-refractivity contribution is -0.142. The quantitative estimate of drug-likeness (QED) is 0.897. The normalized spacial score (nSPS) is 23.4. The smallest absolute Gasteiger partial charge is 0.308 e. The van der Waals surface area contributed by atoms with E-state index in [1.807, 2.05) is 6.92 Å². The zero-order valence-corrected chi connectivity index (χ0v) is 12.7. The Hall–Kier alpha value is -1.35. The first kappa shape index (κ1) is 15.0. The van der Waals surface area contributed by atoms with Crippen molar-refractivity contribution in [2.24, 2.45) is 11.8 Å². The Bertz CT molecular complexity index is 453. The summed E-state index contributed by atoms with van der Waals surface area (Å²) in [5.74, 6) is -0.196.